The molecular formula is C8H19NaO8S2. The predicted octanol–water partition coefficient (Wildman–Crippen LogP) is -1.90. The molecule has 0 atom stereocenters. The van der Waals surface area contributed by atoms with Gasteiger partial charge in [0.15, 0.2) is 0 Å². The maximum absolute atomic E-state index is 10.9. The minimum absolute atomic E-state index is 0. The summed E-state index contributed by atoms with van der Waals surface area (Å²) >= 11 is 0. The quantitative estimate of drug-likeness (QED) is 0.229. The molecular weight excluding hydrogens is 311 g/mol. The molecule has 112 valence electrons. The van der Waals surface area contributed by atoms with Crippen molar-refractivity contribution >= 4 is 20.8 Å². The molecule has 0 heterocycles. The van der Waals surface area contributed by atoms with Gasteiger partial charge in [-0.2, -0.15) is 16.8 Å². The minimum Gasteiger partial charge on any atom is -1.00 e. The SMILES string of the molecule is C=CCOS(=O)(=O)OCCCCC.O=S(=O)(O)O.[H-].[Na+]. The zero-order valence-corrected chi connectivity index (χ0v) is 14.6. The topological polar surface area (TPSA) is 127 Å². The van der Waals surface area contributed by atoms with Crippen molar-refractivity contribution in [3.8, 4) is 0 Å². The van der Waals surface area contributed by atoms with Crippen LogP contribution in [-0.4, -0.2) is 39.2 Å². The van der Waals surface area contributed by atoms with Crippen molar-refractivity contribution in [3.63, 3.8) is 0 Å². The zero-order chi connectivity index (χ0) is 14.7. The summed E-state index contributed by atoms with van der Waals surface area (Å²) in [5, 5.41) is 0. The summed E-state index contributed by atoms with van der Waals surface area (Å²) in [7, 11) is -8.46. The Balaban J connectivity index is -0.000000158. The van der Waals surface area contributed by atoms with E-state index in [9.17, 15) is 8.42 Å². The molecule has 0 bridgehead atoms. The second-order valence-corrected chi connectivity index (χ2v) is 5.14. The minimum atomic E-state index is -4.67. The van der Waals surface area contributed by atoms with Crippen LogP contribution in [-0.2, 0) is 29.2 Å². The molecule has 0 saturated heterocycles. The summed E-state index contributed by atoms with van der Waals surface area (Å²) < 4.78 is 62.2. The van der Waals surface area contributed by atoms with Crippen LogP contribution >= 0.6 is 0 Å². The van der Waals surface area contributed by atoms with Crippen molar-refractivity contribution in [2.24, 2.45) is 0 Å². The van der Waals surface area contributed by atoms with Crippen LogP contribution in [0.1, 0.15) is 27.6 Å². The molecule has 0 unspecified atom stereocenters. The Morgan fingerprint density at radius 1 is 1.16 bits per heavy atom. The van der Waals surface area contributed by atoms with Gasteiger partial charge < -0.3 is 1.43 Å². The first-order valence-corrected chi connectivity index (χ1v) is 7.70. The Morgan fingerprint density at radius 2 is 1.63 bits per heavy atom. The summed E-state index contributed by atoms with van der Waals surface area (Å²) in [6.45, 7) is 5.50. The Labute approximate surface area is 137 Å². The van der Waals surface area contributed by atoms with Crippen molar-refractivity contribution < 1.29 is 65.3 Å². The van der Waals surface area contributed by atoms with E-state index >= 15 is 0 Å². The second kappa shape index (κ2) is 13.5. The maximum atomic E-state index is 10.9. The fourth-order valence-electron chi connectivity index (χ4n) is 0.679. The molecule has 0 aliphatic heterocycles. The van der Waals surface area contributed by atoms with Gasteiger partial charge in [0.25, 0.3) is 0 Å². The van der Waals surface area contributed by atoms with Gasteiger partial charge in [0.1, 0.15) is 0 Å². The number of rotatable bonds is 8. The standard InChI is InChI=1S/C8H16O4S.Na.H2O4S.H/c1-3-5-6-8-12-13(9,10)11-7-4-2;;1-5(2,3)4;/h4H,2-3,5-8H2,1H3;;(H2,1,2,3,4);/q;+1;;-1. The van der Waals surface area contributed by atoms with Crippen molar-refractivity contribution in [1.82, 2.24) is 0 Å². The molecule has 0 spiro atoms. The van der Waals surface area contributed by atoms with Crippen LogP contribution in [0.5, 0.6) is 0 Å². The summed E-state index contributed by atoms with van der Waals surface area (Å²) in [5.41, 5.74) is 0. The van der Waals surface area contributed by atoms with Crippen LogP contribution in [0.3, 0.4) is 0 Å². The van der Waals surface area contributed by atoms with Gasteiger partial charge in [-0.3, -0.25) is 9.11 Å². The van der Waals surface area contributed by atoms with E-state index in [0.717, 1.165) is 19.3 Å². The van der Waals surface area contributed by atoms with Crippen LogP contribution in [0.15, 0.2) is 12.7 Å². The average Bonchev–Trinajstić information content (AvgIpc) is 2.19. The van der Waals surface area contributed by atoms with Crippen molar-refractivity contribution in [1.29, 1.82) is 0 Å². The molecule has 8 nitrogen and oxygen atoms in total. The first-order valence-electron chi connectivity index (χ1n) is 4.97. The Kier molecular flexibility index (Phi) is 17.4. The third kappa shape index (κ3) is 32.2. The molecule has 0 aliphatic carbocycles. The average molecular weight is 330 g/mol. The van der Waals surface area contributed by atoms with Crippen molar-refractivity contribution in [2.75, 3.05) is 13.2 Å². The molecule has 19 heavy (non-hydrogen) atoms. The van der Waals surface area contributed by atoms with E-state index in [0.29, 0.717) is 0 Å². The molecule has 0 saturated carbocycles. The van der Waals surface area contributed by atoms with E-state index in [1.54, 1.807) is 0 Å². The van der Waals surface area contributed by atoms with Gasteiger partial charge in [-0.1, -0.05) is 25.8 Å². The van der Waals surface area contributed by atoms with Crippen LogP contribution in [0.4, 0.5) is 0 Å². The van der Waals surface area contributed by atoms with Gasteiger partial charge in [-0.15, -0.1) is 6.58 Å². The molecule has 0 aliphatic rings. The summed E-state index contributed by atoms with van der Waals surface area (Å²) in [5.74, 6) is 0. The first-order chi connectivity index (χ1) is 8.12. The van der Waals surface area contributed by atoms with E-state index in [2.05, 4.69) is 14.9 Å². The molecule has 0 radical (unpaired) electrons. The first kappa shape index (κ1) is 24.5. The van der Waals surface area contributed by atoms with Gasteiger partial charge in [0, 0.05) is 0 Å². The Morgan fingerprint density at radius 3 is 2.00 bits per heavy atom. The van der Waals surface area contributed by atoms with E-state index in [-0.39, 0.29) is 44.2 Å². The van der Waals surface area contributed by atoms with Gasteiger partial charge in [0.2, 0.25) is 0 Å². The molecule has 0 fully saturated rings. The van der Waals surface area contributed by atoms with E-state index in [1.165, 1.54) is 6.08 Å². The van der Waals surface area contributed by atoms with Crippen molar-refractivity contribution in [3.05, 3.63) is 12.7 Å². The largest absolute Gasteiger partial charge is 1.00 e. The molecule has 0 aromatic rings. The van der Waals surface area contributed by atoms with E-state index in [1.807, 2.05) is 6.92 Å². The Hall–Kier alpha value is 0.480. The van der Waals surface area contributed by atoms with Crippen LogP contribution in [0.25, 0.3) is 0 Å². The zero-order valence-electron chi connectivity index (χ0n) is 12.0. The molecule has 0 amide bonds. The van der Waals surface area contributed by atoms with Crippen molar-refractivity contribution in [2.45, 2.75) is 26.2 Å². The third-order valence-electron chi connectivity index (χ3n) is 1.31. The van der Waals surface area contributed by atoms with E-state index < -0.39 is 20.8 Å². The molecule has 0 aromatic carbocycles. The number of unbranched alkanes of at least 4 members (excludes halogenated alkanes) is 2. The summed E-state index contributed by atoms with van der Waals surface area (Å²) in [6.07, 6.45) is 4.06. The molecule has 2 N–H and O–H groups in total. The van der Waals surface area contributed by atoms with Gasteiger partial charge in [0.05, 0.1) is 13.2 Å². The normalized spacial score (nSPS) is 10.9. The van der Waals surface area contributed by atoms with Crippen LogP contribution in [0.2, 0.25) is 0 Å². The maximum Gasteiger partial charge on any atom is 1.00 e. The summed E-state index contributed by atoms with van der Waals surface area (Å²) in [6, 6.07) is 0. The van der Waals surface area contributed by atoms with E-state index in [4.69, 9.17) is 17.5 Å². The number of hydrogen-bond acceptors (Lipinski definition) is 6. The third-order valence-corrected chi connectivity index (χ3v) is 2.19. The summed E-state index contributed by atoms with van der Waals surface area (Å²) in [4.78, 5) is 0. The second-order valence-electron chi connectivity index (χ2n) is 2.96. The fraction of sp³-hybridized carbons (Fsp3) is 0.750. The van der Waals surface area contributed by atoms with Crippen LogP contribution in [0, 0.1) is 0 Å². The Bertz CT molecular complexity index is 400. The van der Waals surface area contributed by atoms with Crippen LogP contribution < -0.4 is 29.6 Å². The molecule has 0 aromatic heterocycles. The smallest absolute Gasteiger partial charge is 1.00 e. The predicted molar refractivity (Wildman–Crippen MR) is 65.8 cm³/mol. The molecule has 0 rings (SSSR count). The van der Waals surface area contributed by atoms with Gasteiger partial charge in [-0.25, -0.2) is 8.37 Å². The fourth-order valence-corrected chi connectivity index (χ4v) is 1.33. The number of hydrogen-bond donors (Lipinski definition) is 2. The molecule has 11 heteroatoms. The van der Waals surface area contributed by atoms with Gasteiger partial charge in [-0.05, 0) is 6.42 Å². The monoisotopic (exact) mass is 330 g/mol. The van der Waals surface area contributed by atoms with Gasteiger partial charge >= 0.3 is 50.4 Å².